The van der Waals surface area contributed by atoms with E-state index in [1.807, 2.05) is 44.1 Å². The van der Waals surface area contributed by atoms with Crippen LogP contribution in [0.25, 0.3) is 0 Å². The number of benzene rings is 1. The van der Waals surface area contributed by atoms with Crippen LogP contribution in [0.3, 0.4) is 0 Å². The normalized spacial score (nSPS) is 19.0. The summed E-state index contributed by atoms with van der Waals surface area (Å²) in [5.74, 6) is -0.0458. The molecule has 1 aliphatic rings. The molecule has 110 valence electrons. The van der Waals surface area contributed by atoms with Crippen LogP contribution in [0, 0.1) is 0 Å². The molecule has 0 aliphatic heterocycles. The van der Waals surface area contributed by atoms with Gasteiger partial charge in [-0.15, -0.1) is 0 Å². The Balaban J connectivity index is 2.15. The van der Waals surface area contributed by atoms with Gasteiger partial charge in [0.05, 0.1) is 5.41 Å². The average molecular weight is 275 g/mol. The zero-order valence-electron chi connectivity index (χ0n) is 12.8. The standard InChI is InChI=1S/C17H25NO2/c1-14(13-18(2)3)20-16(19)17(11-7-8-12-17)15-9-5-4-6-10-15/h4-6,9-10,14H,7-8,11-13H2,1-3H3. The largest absolute Gasteiger partial charge is 0.461 e. The van der Waals surface area contributed by atoms with Crippen LogP contribution in [0.1, 0.15) is 38.2 Å². The van der Waals surface area contributed by atoms with Crippen molar-refractivity contribution in [3.63, 3.8) is 0 Å². The molecule has 1 aromatic rings. The van der Waals surface area contributed by atoms with Gasteiger partial charge in [0.15, 0.2) is 0 Å². The number of rotatable bonds is 5. The third-order valence-corrected chi connectivity index (χ3v) is 4.10. The molecule has 0 N–H and O–H groups in total. The van der Waals surface area contributed by atoms with Crippen molar-refractivity contribution < 1.29 is 9.53 Å². The second kappa shape index (κ2) is 6.40. The fourth-order valence-corrected chi connectivity index (χ4v) is 3.19. The molecule has 2 rings (SSSR count). The Hall–Kier alpha value is -1.35. The molecule has 0 heterocycles. The molecule has 1 aromatic carbocycles. The van der Waals surface area contributed by atoms with Gasteiger partial charge in [0.2, 0.25) is 0 Å². The van der Waals surface area contributed by atoms with Crippen molar-refractivity contribution >= 4 is 5.97 Å². The molecular weight excluding hydrogens is 250 g/mol. The van der Waals surface area contributed by atoms with Gasteiger partial charge in [0, 0.05) is 6.54 Å². The topological polar surface area (TPSA) is 29.5 Å². The predicted molar refractivity (Wildman–Crippen MR) is 80.7 cm³/mol. The van der Waals surface area contributed by atoms with E-state index in [2.05, 4.69) is 12.1 Å². The Morgan fingerprint density at radius 3 is 2.40 bits per heavy atom. The van der Waals surface area contributed by atoms with Gasteiger partial charge in [-0.05, 0) is 39.4 Å². The van der Waals surface area contributed by atoms with Gasteiger partial charge in [-0.25, -0.2) is 0 Å². The first kappa shape index (κ1) is 15.0. The highest BCUT2D eigenvalue weighted by Crippen LogP contribution is 2.42. The molecule has 1 atom stereocenters. The van der Waals surface area contributed by atoms with Gasteiger partial charge < -0.3 is 9.64 Å². The van der Waals surface area contributed by atoms with E-state index in [-0.39, 0.29) is 12.1 Å². The molecule has 20 heavy (non-hydrogen) atoms. The van der Waals surface area contributed by atoms with E-state index in [0.717, 1.165) is 37.8 Å². The molecule has 0 aromatic heterocycles. The van der Waals surface area contributed by atoms with Crippen LogP contribution in [-0.4, -0.2) is 37.6 Å². The predicted octanol–water partition coefficient (Wildman–Crippen LogP) is 2.99. The second-order valence-corrected chi connectivity index (χ2v) is 6.13. The van der Waals surface area contributed by atoms with Crippen LogP contribution in [0.5, 0.6) is 0 Å². The lowest BCUT2D eigenvalue weighted by Gasteiger charge is -2.29. The van der Waals surface area contributed by atoms with E-state index in [0.29, 0.717) is 0 Å². The van der Waals surface area contributed by atoms with Gasteiger partial charge in [0.1, 0.15) is 6.10 Å². The van der Waals surface area contributed by atoms with Crippen LogP contribution in [0.15, 0.2) is 30.3 Å². The lowest BCUT2D eigenvalue weighted by molar-refractivity contribution is -0.155. The quantitative estimate of drug-likeness (QED) is 0.774. The Labute approximate surface area is 121 Å². The van der Waals surface area contributed by atoms with E-state index >= 15 is 0 Å². The maximum absolute atomic E-state index is 12.7. The molecule has 1 unspecified atom stereocenters. The molecular formula is C17H25NO2. The van der Waals surface area contributed by atoms with Gasteiger partial charge in [-0.3, -0.25) is 4.79 Å². The molecule has 0 bridgehead atoms. The number of carbonyl (C=O) groups excluding carboxylic acids is 1. The van der Waals surface area contributed by atoms with Crippen molar-refractivity contribution in [3.8, 4) is 0 Å². The highest BCUT2D eigenvalue weighted by Gasteiger charge is 2.44. The first-order valence-electron chi connectivity index (χ1n) is 7.46. The summed E-state index contributed by atoms with van der Waals surface area (Å²) >= 11 is 0. The lowest BCUT2D eigenvalue weighted by Crippen LogP contribution is -2.38. The maximum atomic E-state index is 12.7. The molecule has 1 aliphatic carbocycles. The minimum absolute atomic E-state index is 0.0458. The number of nitrogens with zero attached hydrogens (tertiary/aromatic N) is 1. The molecule has 0 spiro atoms. The monoisotopic (exact) mass is 275 g/mol. The summed E-state index contributed by atoms with van der Waals surface area (Å²) in [6.07, 6.45) is 3.95. The Kier molecular flexibility index (Phi) is 4.81. The van der Waals surface area contributed by atoms with E-state index in [1.165, 1.54) is 0 Å². The highest BCUT2D eigenvalue weighted by molar-refractivity contribution is 5.83. The van der Waals surface area contributed by atoms with E-state index in [1.54, 1.807) is 0 Å². The summed E-state index contributed by atoms with van der Waals surface area (Å²) in [6, 6.07) is 10.1. The van der Waals surface area contributed by atoms with Crippen LogP contribution >= 0.6 is 0 Å². The summed E-state index contributed by atoms with van der Waals surface area (Å²) < 4.78 is 5.72. The van der Waals surface area contributed by atoms with Crippen LogP contribution in [-0.2, 0) is 14.9 Å². The molecule has 3 nitrogen and oxygen atoms in total. The zero-order valence-corrected chi connectivity index (χ0v) is 12.8. The molecule has 0 radical (unpaired) electrons. The summed E-state index contributed by atoms with van der Waals surface area (Å²) in [7, 11) is 3.99. The van der Waals surface area contributed by atoms with Crippen molar-refractivity contribution in [2.24, 2.45) is 0 Å². The number of hydrogen-bond donors (Lipinski definition) is 0. The van der Waals surface area contributed by atoms with Gasteiger partial charge in [-0.1, -0.05) is 43.2 Å². The van der Waals surface area contributed by atoms with E-state index in [9.17, 15) is 4.79 Å². The lowest BCUT2D eigenvalue weighted by atomic mass is 9.79. The van der Waals surface area contributed by atoms with E-state index in [4.69, 9.17) is 4.74 Å². The number of hydrogen-bond acceptors (Lipinski definition) is 3. The van der Waals surface area contributed by atoms with Gasteiger partial charge in [-0.2, -0.15) is 0 Å². The fourth-order valence-electron chi connectivity index (χ4n) is 3.19. The minimum atomic E-state index is -0.415. The summed E-state index contributed by atoms with van der Waals surface area (Å²) in [4.78, 5) is 14.8. The van der Waals surface area contributed by atoms with Crippen molar-refractivity contribution in [3.05, 3.63) is 35.9 Å². The van der Waals surface area contributed by atoms with Crippen molar-refractivity contribution in [2.75, 3.05) is 20.6 Å². The fraction of sp³-hybridized carbons (Fsp3) is 0.588. The zero-order chi connectivity index (χ0) is 14.6. The summed E-state index contributed by atoms with van der Waals surface area (Å²) in [5, 5.41) is 0. The first-order chi connectivity index (χ1) is 9.54. The maximum Gasteiger partial charge on any atom is 0.316 e. The Morgan fingerprint density at radius 1 is 1.25 bits per heavy atom. The van der Waals surface area contributed by atoms with Crippen LogP contribution in [0.2, 0.25) is 0 Å². The molecule has 1 saturated carbocycles. The van der Waals surface area contributed by atoms with Crippen molar-refractivity contribution in [1.82, 2.24) is 4.90 Å². The summed E-state index contributed by atoms with van der Waals surface area (Å²) in [5.41, 5.74) is 0.696. The smallest absolute Gasteiger partial charge is 0.316 e. The number of esters is 1. The highest BCUT2D eigenvalue weighted by atomic mass is 16.5. The van der Waals surface area contributed by atoms with E-state index < -0.39 is 5.41 Å². The number of ether oxygens (including phenoxy) is 1. The Bertz CT molecular complexity index is 436. The third kappa shape index (κ3) is 3.21. The van der Waals surface area contributed by atoms with Gasteiger partial charge in [0.25, 0.3) is 0 Å². The molecule has 3 heteroatoms. The first-order valence-corrected chi connectivity index (χ1v) is 7.46. The molecule has 0 amide bonds. The van der Waals surface area contributed by atoms with Crippen molar-refractivity contribution in [2.45, 2.75) is 44.1 Å². The number of likely N-dealkylation sites (N-methyl/N-ethyl adjacent to an activating group) is 1. The molecule has 0 saturated heterocycles. The second-order valence-electron chi connectivity index (χ2n) is 6.13. The minimum Gasteiger partial charge on any atom is -0.461 e. The third-order valence-electron chi connectivity index (χ3n) is 4.10. The SMILES string of the molecule is CC(CN(C)C)OC(=O)C1(c2ccccc2)CCCC1. The van der Waals surface area contributed by atoms with Crippen molar-refractivity contribution in [1.29, 1.82) is 0 Å². The molecule has 1 fully saturated rings. The van der Waals surface area contributed by atoms with Crippen LogP contribution in [0.4, 0.5) is 0 Å². The summed E-state index contributed by atoms with van der Waals surface area (Å²) in [6.45, 7) is 2.72. The average Bonchev–Trinajstić information content (AvgIpc) is 2.89. The Morgan fingerprint density at radius 2 is 1.85 bits per heavy atom. The number of carbonyl (C=O) groups is 1. The van der Waals surface area contributed by atoms with Crippen LogP contribution < -0.4 is 0 Å². The van der Waals surface area contributed by atoms with Gasteiger partial charge >= 0.3 is 5.97 Å².